The van der Waals surface area contributed by atoms with Gasteiger partial charge in [0, 0.05) is 36.5 Å². The van der Waals surface area contributed by atoms with Gasteiger partial charge in [-0.15, -0.1) is 0 Å². The number of halogens is 1. The zero-order valence-electron chi connectivity index (χ0n) is 10.6. The third-order valence-corrected chi connectivity index (χ3v) is 3.79. The number of fused-ring (bicyclic) bond motifs is 1. The van der Waals surface area contributed by atoms with Crippen molar-refractivity contribution in [3.05, 3.63) is 58.4 Å². The fraction of sp³-hybridized carbons (Fsp3) is 0.267. The highest BCUT2D eigenvalue weighted by atomic mass is 35.5. The predicted octanol–water partition coefficient (Wildman–Crippen LogP) is 2.88. The van der Waals surface area contributed by atoms with E-state index < -0.39 is 0 Å². The Balaban J connectivity index is 1.77. The van der Waals surface area contributed by atoms with Crippen molar-refractivity contribution in [1.29, 1.82) is 0 Å². The number of hydrogen-bond donors (Lipinski definition) is 1. The maximum Gasteiger partial charge on any atom is 0.0558 e. The monoisotopic (exact) mass is 273 g/mol. The molecule has 0 radical (unpaired) electrons. The second-order valence-electron chi connectivity index (χ2n) is 4.91. The summed E-state index contributed by atoms with van der Waals surface area (Å²) in [5.41, 5.74) is 10.6. The number of hydrogen-bond acceptors (Lipinski definition) is 3. The molecule has 1 aliphatic rings. The molecule has 4 heteroatoms. The molecule has 0 saturated heterocycles. The van der Waals surface area contributed by atoms with Gasteiger partial charge in [0.1, 0.15) is 0 Å². The van der Waals surface area contributed by atoms with Crippen LogP contribution in [0.2, 0.25) is 5.02 Å². The van der Waals surface area contributed by atoms with Gasteiger partial charge in [0.05, 0.1) is 5.69 Å². The van der Waals surface area contributed by atoms with Crippen molar-refractivity contribution in [2.75, 3.05) is 12.3 Å². The molecule has 98 valence electrons. The first-order valence-corrected chi connectivity index (χ1v) is 6.79. The van der Waals surface area contributed by atoms with E-state index in [-0.39, 0.29) is 0 Å². The summed E-state index contributed by atoms with van der Waals surface area (Å²) < 4.78 is 0. The Morgan fingerprint density at radius 3 is 3.05 bits per heavy atom. The molecule has 0 spiro atoms. The average Bonchev–Trinajstić information content (AvgIpc) is 2.40. The van der Waals surface area contributed by atoms with Crippen LogP contribution in [0.5, 0.6) is 0 Å². The van der Waals surface area contributed by atoms with Crippen LogP contribution in [0.15, 0.2) is 36.5 Å². The van der Waals surface area contributed by atoms with E-state index in [2.05, 4.69) is 16.0 Å². The number of rotatable bonds is 2. The molecule has 1 aliphatic heterocycles. The first-order chi connectivity index (χ1) is 9.22. The van der Waals surface area contributed by atoms with Gasteiger partial charge in [-0.05, 0) is 35.7 Å². The van der Waals surface area contributed by atoms with Crippen LogP contribution in [-0.4, -0.2) is 16.4 Å². The number of nitrogens with zero attached hydrogens (tertiary/aromatic N) is 2. The fourth-order valence-electron chi connectivity index (χ4n) is 2.56. The lowest BCUT2D eigenvalue weighted by atomic mass is 9.98. The van der Waals surface area contributed by atoms with Crippen LogP contribution in [-0.2, 0) is 19.5 Å². The van der Waals surface area contributed by atoms with Crippen LogP contribution >= 0.6 is 11.6 Å². The van der Waals surface area contributed by atoms with Crippen LogP contribution in [0, 0.1) is 0 Å². The standard InChI is InChI=1S/C15H16ClN3/c16-12-4-6-18-13(8-12)9-19-7-5-11-2-1-3-15(17)14(11)10-19/h1-4,6,8H,5,7,9-10,17H2. The Labute approximate surface area is 118 Å². The average molecular weight is 274 g/mol. The van der Waals surface area contributed by atoms with Gasteiger partial charge in [-0.25, -0.2) is 0 Å². The van der Waals surface area contributed by atoms with E-state index in [1.54, 1.807) is 12.3 Å². The van der Waals surface area contributed by atoms with Gasteiger partial charge in [0.2, 0.25) is 0 Å². The van der Waals surface area contributed by atoms with Crippen LogP contribution in [0.3, 0.4) is 0 Å². The lowest BCUT2D eigenvalue weighted by Crippen LogP contribution is -2.30. The van der Waals surface area contributed by atoms with E-state index in [1.807, 2.05) is 18.2 Å². The smallest absolute Gasteiger partial charge is 0.0558 e. The van der Waals surface area contributed by atoms with Crippen molar-refractivity contribution >= 4 is 17.3 Å². The molecule has 3 rings (SSSR count). The lowest BCUT2D eigenvalue weighted by molar-refractivity contribution is 0.243. The molecule has 0 unspecified atom stereocenters. The lowest BCUT2D eigenvalue weighted by Gasteiger charge is -2.29. The first-order valence-electron chi connectivity index (χ1n) is 6.41. The maximum absolute atomic E-state index is 6.06. The molecule has 2 N–H and O–H groups in total. The molecule has 1 aromatic carbocycles. The normalized spacial score (nSPS) is 15.2. The molecule has 0 aliphatic carbocycles. The highest BCUT2D eigenvalue weighted by Crippen LogP contribution is 2.25. The molecule has 3 nitrogen and oxygen atoms in total. The van der Waals surface area contributed by atoms with Gasteiger partial charge in [-0.3, -0.25) is 9.88 Å². The topological polar surface area (TPSA) is 42.1 Å². The first kappa shape index (κ1) is 12.5. The minimum Gasteiger partial charge on any atom is -0.398 e. The number of nitrogens with two attached hydrogens (primary N) is 1. The Morgan fingerprint density at radius 2 is 2.21 bits per heavy atom. The summed E-state index contributed by atoms with van der Waals surface area (Å²) in [6.45, 7) is 2.73. The Kier molecular flexibility index (Phi) is 3.40. The van der Waals surface area contributed by atoms with E-state index in [1.165, 1.54) is 11.1 Å². The summed E-state index contributed by atoms with van der Waals surface area (Å²) in [5, 5.41) is 0.738. The summed E-state index contributed by atoms with van der Waals surface area (Å²) in [6.07, 6.45) is 2.80. The van der Waals surface area contributed by atoms with Gasteiger partial charge < -0.3 is 5.73 Å². The van der Waals surface area contributed by atoms with Crippen molar-refractivity contribution in [2.24, 2.45) is 0 Å². The molecule has 0 fully saturated rings. The van der Waals surface area contributed by atoms with Gasteiger partial charge >= 0.3 is 0 Å². The summed E-state index contributed by atoms with van der Waals surface area (Å²) >= 11 is 5.99. The van der Waals surface area contributed by atoms with Crippen molar-refractivity contribution in [1.82, 2.24) is 9.88 Å². The predicted molar refractivity (Wildman–Crippen MR) is 77.9 cm³/mol. The molecule has 2 heterocycles. The molecular weight excluding hydrogens is 258 g/mol. The molecule has 0 saturated carbocycles. The van der Waals surface area contributed by atoms with Gasteiger partial charge in [0.25, 0.3) is 0 Å². The zero-order chi connectivity index (χ0) is 13.2. The SMILES string of the molecule is Nc1cccc2c1CN(Cc1cc(Cl)ccn1)CC2. The summed E-state index contributed by atoms with van der Waals surface area (Å²) in [6, 6.07) is 9.89. The molecule has 0 amide bonds. The quantitative estimate of drug-likeness (QED) is 0.856. The molecular formula is C15H16ClN3. The van der Waals surface area contributed by atoms with Crippen LogP contribution in [0.1, 0.15) is 16.8 Å². The largest absolute Gasteiger partial charge is 0.398 e. The van der Waals surface area contributed by atoms with Crippen molar-refractivity contribution in [3.63, 3.8) is 0 Å². The maximum atomic E-state index is 6.06. The minimum atomic E-state index is 0.738. The molecule has 1 aromatic heterocycles. The zero-order valence-corrected chi connectivity index (χ0v) is 11.4. The minimum absolute atomic E-state index is 0.738. The van der Waals surface area contributed by atoms with E-state index in [4.69, 9.17) is 17.3 Å². The van der Waals surface area contributed by atoms with Crippen LogP contribution < -0.4 is 5.73 Å². The van der Waals surface area contributed by atoms with E-state index >= 15 is 0 Å². The molecule has 2 aromatic rings. The molecule has 0 bridgehead atoms. The second kappa shape index (κ2) is 5.19. The third kappa shape index (κ3) is 2.72. The van der Waals surface area contributed by atoms with E-state index in [9.17, 15) is 0 Å². The van der Waals surface area contributed by atoms with Crippen molar-refractivity contribution in [2.45, 2.75) is 19.5 Å². The summed E-state index contributed by atoms with van der Waals surface area (Å²) in [7, 11) is 0. The summed E-state index contributed by atoms with van der Waals surface area (Å²) in [5.74, 6) is 0. The third-order valence-electron chi connectivity index (χ3n) is 3.55. The fourth-order valence-corrected chi connectivity index (χ4v) is 2.74. The second-order valence-corrected chi connectivity index (χ2v) is 5.35. The number of anilines is 1. The highest BCUT2D eigenvalue weighted by Gasteiger charge is 2.18. The summed E-state index contributed by atoms with van der Waals surface area (Å²) in [4.78, 5) is 6.71. The number of aromatic nitrogens is 1. The number of benzene rings is 1. The van der Waals surface area contributed by atoms with Gasteiger partial charge in [-0.2, -0.15) is 0 Å². The molecule has 0 atom stereocenters. The highest BCUT2D eigenvalue weighted by molar-refractivity contribution is 6.30. The van der Waals surface area contributed by atoms with Crippen LogP contribution in [0.25, 0.3) is 0 Å². The van der Waals surface area contributed by atoms with Crippen molar-refractivity contribution in [3.8, 4) is 0 Å². The van der Waals surface area contributed by atoms with Gasteiger partial charge in [0.15, 0.2) is 0 Å². The van der Waals surface area contributed by atoms with Crippen LogP contribution in [0.4, 0.5) is 5.69 Å². The van der Waals surface area contributed by atoms with E-state index in [0.717, 1.165) is 42.5 Å². The van der Waals surface area contributed by atoms with E-state index in [0.29, 0.717) is 0 Å². The Morgan fingerprint density at radius 1 is 1.32 bits per heavy atom. The van der Waals surface area contributed by atoms with Crippen molar-refractivity contribution < 1.29 is 0 Å². The van der Waals surface area contributed by atoms with Gasteiger partial charge in [-0.1, -0.05) is 23.7 Å². The Hall–Kier alpha value is -1.58. The Bertz CT molecular complexity index is 598. The number of nitrogen functional groups attached to an aromatic ring is 1. The molecule has 19 heavy (non-hydrogen) atoms. The number of pyridine rings is 1.